The van der Waals surface area contributed by atoms with Crippen LogP contribution in [0.1, 0.15) is 75.6 Å². The molecule has 4 amide bonds. The molecule has 0 saturated carbocycles. The van der Waals surface area contributed by atoms with E-state index in [1.54, 1.807) is 17.1 Å². The summed E-state index contributed by atoms with van der Waals surface area (Å²) in [5, 5.41) is 8.28. The second-order valence-electron chi connectivity index (χ2n) is 12.3. The van der Waals surface area contributed by atoms with Gasteiger partial charge < -0.3 is 41.5 Å². The van der Waals surface area contributed by atoms with Crippen molar-refractivity contribution in [2.24, 2.45) is 11.5 Å². The standard InChI is InChI=1S/C35H47FN8O10/c1-3-43(4-2)22-12-11-21-17-23(34(51)54-27(21)18-22)31(48)41-26(10-5-7-15-37)33(50)40-25(30(38)47)9-6-8-16-39-28(45)13-14-29(46)53-20-44-19-24(36)32(49)42-35(44)52/h11-12,17-19,25-26H,3-10,13-16,20,37H2,1-2H3,(H2,38,47)(H,39,45)(H,40,50)(H,41,48)(H,42,49,52)/t25-,26?/m0/s1. The fourth-order valence-corrected chi connectivity index (χ4v) is 5.40. The van der Waals surface area contributed by atoms with Gasteiger partial charge in [0.2, 0.25) is 23.5 Å². The van der Waals surface area contributed by atoms with Gasteiger partial charge in [0, 0.05) is 43.2 Å². The summed E-state index contributed by atoms with van der Waals surface area (Å²) in [5.41, 5.74) is 8.98. The summed E-state index contributed by atoms with van der Waals surface area (Å²) in [6.45, 7) is 5.35. The van der Waals surface area contributed by atoms with Crippen LogP contribution in [0.2, 0.25) is 0 Å². The molecule has 0 saturated heterocycles. The number of halogens is 1. The van der Waals surface area contributed by atoms with E-state index in [-0.39, 0.29) is 37.8 Å². The van der Waals surface area contributed by atoms with Gasteiger partial charge in [-0.2, -0.15) is 4.39 Å². The number of primary amides is 1. The number of rotatable bonds is 22. The Kier molecular flexibility index (Phi) is 16.6. The van der Waals surface area contributed by atoms with E-state index in [9.17, 15) is 42.7 Å². The quantitative estimate of drug-likeness (QED) is 0.0452. The second-order valence-corrected chi connectivity index (χ2v) is 12.3. The molecule has 8 N–H and O–H groups in total. The molecule has 2 heterocycles. The number of carbonyl (C=O) groups is 5. The van der Waals surface area contributed by atoms with Gasteiger partial charge in [-0.1, -0.05) is 0 Å². The van der Waals surface area contributed by atoms with Crippen molar-refractivity contribution >= 4 is 46.3 Å². The Morgan fingerprint density at radius 1 is 0.963 bits per heavy atom. The molecule has 1 unspecified atom stereocenters. The van der Waals surface area contributed by atoms with Gasteiger partial charge in [-0.05, 0) is 77.1 Å². The highest BCUT2D eigenvalue weighted by Gasteiger charge is 2.27. The van der Waals surface area contributed by atoms with Crippen molar-refractivity contribution < 1.29 is 37.5 Å². The van der Waals surface area contributed by atoms with Crippen molar-refractivity contribution in [3.63, 3.8) is 0 Å². The summed E-state index contributed by atoms with van der Waals surface area (Å²) < 4.78 is 24.3. The molecule has 2 aromatic heterocycles. The van der Waals surface area contributed by atoms with Gasteiger partial charge in [-0.25, -0.2) is 9.59 Å². The molecule has 0 aliphatic heterocycles. The topological polar surface area (TPSA) is 271 Å². The van der Waals surface area contributed by atoms with Crippen LogP contribution in [0.4, 0.5) is 10.1 Å². The summed E-state index contributed by atoms with van der Waals surface area (Å²) in [7, 11) is 0. The minimum atomic E-state index is -1.24. The SMILES string of the molecule is CCN(CC)c1ccc2cc(C(=O)NC(CCCCN)C(=O)N[C@@H](CCCCNC(=O)CCC(=O)OCn3cc(F)c(=O)[nH]c3=O)C(N)=O)c(=O)oc2c1. The number of aromatic amines is 1. The van der Waals surface area contributed by atoms with E-state index in [1.165, 1.54) is 6.07 Å². The third-order valence-corrected chi connectivity index (χ3v) is 8.45. The third kappa shape index (κ3) is 12.7. The number of nitrogens with two attached hydrogens (primary N) is 2. The predicted octanol–water partition coefficient (Wildman–Crippen LogP) is 0.0934. The molecule has 3 rings (SSSR count). The highest BCUT2D eigenvalue weighted by atomic mass is 19.1. The van der Waals surface area contributed by atoms with Gasteiger partial charge in [0.05, 0.1) is 12.6 Å². The van der Waals surface area contributed by atoms with Gasteiger partial charge >= 0.3 is 17.3 Å². The zero-order valence-corrected chi connectivity index (χ0v) is 30.2. The molecule has 0 aliphatic carbocycles. The Morgan fingerprint density at radius 3 is 2.35 bits per heavy atom. The van der Waals surface area contributed by atoms with Crippen LogP contribution >= 0.6 is 0 Å². The molecule has 18 nitrogen and oxygen atoms in total. The van der Waals surface area contributed by atoms with E-state index >= 15 is 0 Å². The molecule has 0 spiro atoms. The number of ether oxygens (including phenoxy) is 1. The second kappa shape index (κ2) is 21.0. The Hall–Kier alpha value is -5.85. The van der Waals surface area contributed by atoms with Gasteiger partial charge in [0.25, 0.3) is 11.5 Å². The Morgan fingerprint density at radius 2 is 1.67 bits per heavy atom. The lowest BCUT2D eigenvalue weighted by Gasteiger charge is -2.22. The monoisotopic (exact) mass is 758 g/mol. The summed E-state index contributed by atoms with van der Waals surface area (Å²) in [4.78, 5) is 102. The molecule has 2 atom stereocenters. The fourth-order valence-electron chi connectivity index (χ4n) is 5.40. The number of esters is 1. The zero-order chi connectivity index (χ0) is 39.8. The number of hydrogen-bond donors (Lipinski definition) is 6. The third-order valence-electron chi connectivity index (χ3n) is 8.45. The molecule has 1 aromatic carbocycles. The molecular weight excluding hydrogens is 711 g/mol. The van der Waals surface area contributed by atoms with E-state index in [0.717, 1.165) is 18.8 Å². The first-order chi connectivity index (χ1) is 25.8. The number of hydrogen-bond acceptors (Lipinski definition) is 12. The Bertz CT molecular complexity index is 1970. The van der Waals surface area contributed by atoms with Crippen LogP contribution in [0.5, 0.6) is 0 Å². The molecule has 19 heteroatoms. The number of carbonyl (C=O) groups excluding carboxylic acids is 5. The number of unbranched alkanes of at least 4 members (excludes halogenated alkanes) is 2. The number of benzene rings is 1. The maximum Gasteiger partial charge on any atom is 0.349 e. The van der Waals surface area contributed by atoms with Gasteiger partial charge in [0.15, 0.2) is 6.73 Å². The normalized spacial score (nSPS) is 12.1. The van der Waals surface area contributed by atoms with E-state index < -0.39 is 71.1 Å². The van der Waals surface area contributed by atoms with Crippen molar-refractivity contribution in [3.05, 3.63) is 73.1 Å². The van der Waals surface area contributed by atoms with Crippen LogP contribution in [-0.4, -0.2) is 77.4 Å². The number of H-pyrrole nitrogens is 1. The number of aromatic nitrogens is 2. The molecule has 0 fully saturated rings. The summed E-state index contributed by atoms with van der Waals surface area (Å²) in [6, 6.07) is 4.49. The largest absolute Gasteiger partial charge is 0.444 e. The first-order valence-corrected chi connectivity index (χ1v) is 17.6. The van der Waals surface area contributed by atoms with Crippen molar-refractivity contribution in [2.75, 3.05) is 31.1 Å². The fraction of sp³-hybridized carbons (Fsp3) is 0.486. The van der Waals surface area contributed by atoms with Gasteiger partial charge in [-0.15, -0.1) is 0 Å². The number of nitrogens with zero attached hydrogens (tertiary/aromatic N) is 2. The molecule has 3 aromatic rings. The van der Waals surface area contributed by atoms with Crippen LogP contribution in [0.15, 0.2) is 49.3 Å². The maximum atomic E-state index is 13.3. The highest BCUT2D eigenvalue weighted by molar-refractivity contribution is 6.00. The minimum absolute atomic E-state index is 0.112. The van der Waals surface area contributed by atoms with E-state index in [4.69, 9.17) is 20.6 Å². The maximum absolute atomic E-state index is 13.3. The number of anilines is 1. The van der Waals surface area contributed by atoms with Crippen LogP contribution in [0.3, 0.4) is 0 Å². The molecule has 294 valence electrons. The molecule has 54 heavy (non-hydrogen) atoms. The lowest BCUT2D eigenvalue weighted by atomic mass is 10.0. The van der Waals surface area contributed by atoms with E-state index in [1.807, 2.05) is 19.9 Å². The van der Waals surface area contributed by atoms with Gasteiger partial charge in [-0.3, -0.25) is 38.3 Å². The van der Waals surface area contributed by atoms with Crippen LogP contribution < -0.4 is 49.2 Å². The average molecular weight is 759 g/mol. The molecular formula is C35H47FN8O10. The van der Waals surface area contributed by atoms with Crippen LogP contribution in [0.25, 0.3) is 11.0 Å². The number of amides is 4. The lowest BCUT2D eigenvalue weighted by molar-refractivity contribution is -0.148. The number of nitrogens with one attached hydrogen (secondary N) is 4. The Balaban J connectivity index is 1.50. The smallest absolute Gasteiger partial charge is 0.349 e. The van der Waals surface area contributed by atoms with Crippen LogP contribution in [-0.2, 0) is 30.6 Å². The first kappa shape index (κ1) is 42.6. The van der Waals surface area contributed by atoms with Crippen molar-refractivity contribution in [2.45, 2.75) is 84.0 Å². The highest BCUT2D eigenvalue weighted by Crippen LogP contribution is 2.22. The zero-order valence-electron chi connectivity index (χ0n) is 30.2. The summed E-state index contributed by atoms with van der Waals surface area (Å²) in [5.74, 6) is -4.89. The summed E-state index contributed by atoms with van der Waals surface area (Å²) in [6.07, 6.45) is 2.02. The van der Waals surface area contributed by atoms with Gasteiger partial charge in [0.1, 0.15) is 23.2 Å². The molecule has 0 radical (unpaired) electrons. The first-order valence-electron chi connectivity index (χ1n) is 17.6. The lowest BCUT2D eigenvalue weighted by Crippen LogP contribution is -2.53. The average Bonchev–Trinajstić information content (AvgIpc) is 3.13. The minimum Gasteiger partial charge on any atom is -0.444 e. The van der Waals surface area contributed by atoms with Crippen molar-refractivity contribution in [3.8, 4) is 0 Å². The Labute approximate surface area is 308 Å². The van der Waals surface area contributed by atoms with Crippen molar-refractivity contribution in [1.29, 1.82) is 0 Å². The van der Waals surface area contributed by atoms with Crippen molar-refractivity contribution in [1.82, 2.24) is 25.5 Å². The predicted molar refractivity (Wildman–Crippen MR) is 195 cm³/mol. The summed E-state index contributed by atoms with van der Waals surface area (Å²) >= 11 is 0. The molecule has 0 aliphatic rings. The number of fused-ring (bicyclic) bond motifs is 1. The molecule has 0 bridgehead atoms. The van der Waals surface area contributed by atoms with E-state index in [2.05, 4.69) is 20.9 Å². The van der Waals surface area contributed by atoms with E-state index in [0.29, 0.717) is 54.0 Å². The van der Waals surface area contributed by atoms with Crippen LogP contribution in [0, 0.1) is 5.82 Å².